The molecule has 0 spiro atoms. The zero-order valence-corrected chi connectivity index (χ0v) is 14.6. The first-order valence-electron chi connectivity index (χ1n) is 7.88. The number of hydrazine groups is 1. The lowest BCUT2D eigenvalue weighted by atomic mass is 9.91. The average molecular weight is 384 g/mol. The predicted octanol–water partition coefficient (Wildman–Crippen LogP) is 3.31. The van der Waals surface area contributed by atoms with Crippen molar-refractivity contribution in [1.29, 1.82) is 0 Å². The van der Waals surface area contributed by atoms with E-state index in [1.54, 1.807) is 0 Å². The monoisotopic (exact) mass is 383 g/mol. The van der Waals surface area contributed by atoms with Crippen LogP contribution in [0.25, 0.3) is 0 Å². The molecule has 1 amide bonds. The minimum atomic E-state index is -0.720. The van der Waals surface area contributed by atoms with E-state index >= 15 is 0 Å². The molecule has 1 aromatic heterocycles. The number of anilines is 1. The highest BCUT2D eigenvalue weighted by Crippen LogP contribution is 2.28. The van der Waals surface area contributed by atoms with Gasteiger partial charge >= 0.3 is 5.69 Å². The number of rotatable bonds is 6. The minimum Gasteiger partial charge on any atom is -0.276 e. The fraction of sp³-hybridized carbons (Fsp3) is 0.0556. The lowest BCUT2D eigenvalue weighted by Gasteiger charge is -2.18. The van der Waals surface area contributed by atoms with Crippen LogP contribution in [0.1, 0.15) is 17.0 Å². The third kappa shape index (κ3) is 4.18. The zero-order chi connectivity index (χ0) is 19.2. The lowest BCUT2D eigenvalue weighted by Crippen LogP contribution is -2.35. The number of benzene rings is 2. The molecule has 3 rings (SSSR count). The van der Waals surface area contributed by atoms with Gasteiger partial charge in [-0.25, -0.2) is 9.97 Å². The molecule has 136 valence electrons. The van der Waals surface area contributed by atoms with Crippen LogP contribution in [-0.2, 0) is 4.79 Å². The Balaban J connectivity index is 1.87. The van der Waals surface area contributed by atoms with E-state index in [1.165, 1.54) is 0 Å². The second-order valence-electron chi connectivity index (χ2n) is 5.49. The molecule has 0 aliphatic heterocycles. The molecule has 0 aliphatic rings. The number of amides is 1. The second kappa shape index (κ2) is 8.24. The molecule has 0 aliphatic carbocycles. The van der Waals surface area contributed by atoms with Crippen molar-refractivity contribution in [2.24, 2.45) is 0 Å². The Hall–Kier alpha value is -3.52. The second-order valence-corrected chi connectivity index (χ2v) is 5.85. The summed E-state index contributed by atoms with van der Waals surface area (Å²) in [7, 11) is 0. The van der Waals surface area contributed by atoms with E-state index in [-0.39, 0.29) is 11.0 Å². The molecule has 0 saturated heterocycles. The summed E-state index contributed by atoms with van der Waals surface area (Å²) in [6, 6.07) is 18.4. The van der Waals surface area contributed by atoms with Crippen LogP contribution in [0.2, 0.25) is 5.15 Å². The molecule has 1 heterocycles. The van der Waals surface area contributed by atoms with Crippen molar-refractivity contribution in [2.75, 3.05) is 5.43 Å². The number of nitro groups is 1. The predicted molar refractivity (Wildman–Crippen MR) is 100 cm³/mol. The van der Waals surface area contributed by atoms with Crippen LogP contribution in [0, 0.1) is 10.1 Å². The smallest absolute Gasteiger partial charge is 0.276 e. The number of nitrogens with zero attached hydrogens (tertiary/aromatic N) is 3. The summed E-state index contributed by atoms with van der Waals surface area (Å²) in [4.78, 5) is 30.6. The Morgan fingerprint density at radius 3 is 2.07 bits per heavy atom. The fourth-order valence-electron chi connectivity index (χ4n) is 2.59. The van der Waals surface area contributed by atoms with Crippen LogP contribution < -0.4 is 10.9 Å². The van der Waals surface area contributed by atoms with Gasteiger partial charge < -0.3 is 0 Å². The van der Waals surface area contributed by atoms with E-state index in [1.807, 2.05) is 60.7 Å². The highest BCUT2D eigenvalue weighted by molar-refractivity contribution is 6.31. The van der Waals surface area contributed by atoms with Gasteiger partial charge in [0.2, 0.25) is 16.9 Å². The number of halogens is 1. The van der Waals surface area contributed by atoms with Crippen molar-refractivity contribution < 1.29 is 9.72 Å². The Labute approximate surface area is 159 Å². The first-order valence-corrected chi connectivity index (χ1v) is 8.26. The van der Waals surface area contributed by atoms with Gasteiger partial charge in [-0.3, -0.25) is 25.8 Å². The summed E-state index contributed by atoms with van der Waals surface area (Å²) in [5.41, 5.74) is 5.99. The molecule has 0 unspecified atom stereocenters. The molecule has 0 bridgehead atoms. The van der Waals surface area contributed by atoms with Crippen molar-refractivity contribution in [1.82, 2.24) is 15.4 Å². The quantitative estimate of drug-likeness (QED) is 0.384. The summed E-state index contributed by atoms with van der Waals surface area (Å²) in [6.07, 6.45) is 1.07. The van der Waals surface area contributed by atoms with Crippen LogP contribution in [0.15, 0.2) is 67.0 Å². The van der Waals surface area contributed by atoms with Crippen LogP contribution >= 0.6 is 11.6 Å². The molecule has 2 aromatic carbocycles. The van der Waals surface area contributed by atoms with Gasteiger partial charge in [-0.1, -0.05) is 72.3 Å². The van der Waals surface area contributed by atoms with Gasteiger partial charge in [-0.15, -0.1) is 0 Å². The van der Waals surface area contributed by atoms with Crippen molar-refractivity contribution in [3.63, 3.8) is 0 Å². The molecule has 0 atom stereocenters. The number of aromatic nitrogens is 2. The standard InChI is InChI=1S/C18H14ClN5O3/c19-16-15(24(26)27)17(21-11-20-16)22-23-18(25)14(12-7-3-1-4-8-12)13-9-5-2-6-10-13/h1-11,14H,(H,23,25)(H,20,21,22). The van der Waals surface area contributed by atoms with Crippen molar-refractivity contribution in [3.05, 3.63) is 93.4 Å². The first-order chi connectivity index (χ1) is 13.1. The molecule has 0 saturated carbocycles. The Morgan fingerprint density at radius 2 is 1.56 bits per heavy atom. The topological polar surface area (TPSA) is 110 Å². The zero-order valence-electron chi connectivity index (χ0n) is 13.9. The molecule has 9 heteroatoms. The summed E-state index contributed by atoms with van der Waals surface area (Å²) < 4.78 is 0. The Kier molecular flexibility index (Phi) is 5.58. The maximum Gasteiger partial charge on any atom is 0.350 e. The molecule has 3 aromatic rings. The number of carbonyl (C=O) groups is 1. The summed E-state index contributed by atoms with van der Waals surface area (Å²) in [5, 5.41) is 10.8. The molecule has 2 N–H and O–H groups in total. The van der Waals surface area contributed by atoms with E-state index in [2.05, 4.69) is 20.8 Å². The normalized spacial score (nSPS) is 10.4. The van der Waals surface area contributed by atoms with Gasteiger partial charge in [0.1, 0.15) is 6.33 Å². The van der Waals surface area contributed by atoms with Crippen molar-refractivity contribution in [3.8, 4) is 0 Å². The maximum absolute atomic E-state index is 12.9. The summed E-state index contributed by atoms with van der Waals surface area (Å²) in [6.45, 7) is 0. The van der Waals surface area contributed by atoms with Crippen LogP contribution in [0.4, 0.5) is 11.5 Å². The van der Waals surface area contributed by atoms with E-state index in [0.717, 1.165) is 17.5 Å². The minimum absolute atomic E-state index is 0.201. The molecule has 8 nitrogen and oxygen atoms in total. The van der Waals surface area contributed by atoms with Gasteiger partial charge in [0.25, 0.3) is 0 Å². The molecule has 0 radical (unpaired) electrons. The van der Waals surface area contributed by atoms with Crippen molar-refractivity contribution >= 4 is 29.0 Å². The fourth-order valence-corrected chi connectivity index (χ4v) is 2.79. The van der Waals surface area contributed by atoms with Crippen LogP contribution in [-0.4, -0.2) is 20.8 Å². The summed E-state index contributed by atoms with van der Waals surface area (Å²) >= 11 is 5.75. The third-order valence-electron chi connectivity index (χ3n) is 3.79. The first kappa shape index (κ1) is 18.3. The average Bonchev–Trinajstić information content (AvgIpc) is 2.68. The van der Waals surface area contributed by atoms with E-state index in [4.69, 9.17) is 11.6 Å². The molecular formula is C18H14ClN5O3. The van der Waals surface area contributed by atoms with Gasteiger partial charge in [0.15, 0.2) is 0 Å². The highest BCUT2D eigenvalue weighted by atomic mass is 35.5. The van der Waals surface area contributed by atoms with E-state index in [0.29, 0.717) is 0 Å². The maximum atomic E-state index is 12.9. The number of hydrogen-bond acceptors (Lipinski definition) is 6. The van der Waals surface area contributed by atoms with E-state index in [9.17, 15) is 14.9 Å². The molecule has 27 heavy (non-hydrogen) atoms. The van der Waals surface area contributed by atoms with Crippen LogP contribution in [0.3, 0.4) is 0 Å². The van der Waals surface area contributed by atoms with Gasteiger partial charge in [0.05, 0.1) is 10.8 Å². The SMILES string of the molecule is O=C(NNc1ncnc(Cl)c1[N+](=O)[O-])C(c1ccccc1)c1ccccc1. The molecular weight excluding hydrogens is 370 g/mol. The highest BCUT2D eigenvalue weighted by Gasteiger charge is 2.25. The largest absolute Gasteiger partial charge is 0.350 e. The van der Waals surface area contributed by atoms with E-state index < -0.39 is 22.4 Å². The summed E-state index contributed by atoms with van der Waals surface area (Å²) in [5.74, 6) is -1.22. The van der Waals surface area contributed by atoms with Gasteiger partial charge in [0, 0.05) is 0 Å². The van der Waals surface area contributed by atoms with Crippen molar-refractivity contribution in [2.45, 2.75) is 5.92 Å². The Bertz CT molecular complexity index is 914. The van der Waals surface area contributed by atoms with Gasteiger partial charge in [-0.2, -0.15) is 0 Å². The number of carbonyl (C=O) groups excluding carboxylic acids is 1. The third-order valence-corrected chi connectivity index (χ3v) is 4.07. The van der Waals surface area contributed by atoms with Gasteiger partial charge in [-0.05, 0) is 11.1 Å². The Morgan fingerprint density at radius 1 is 1.00 bits per heavy atom. The number of nitrogens with one attached hydrogen (secondary N) is 2. The van der Waals surface area contributed by atoms with Crippen LogP contribution in [0.5, 0.6) is 0 Å². The molecule has 0 fully saturated rings. The lowest BCUT2D eigenvalue weighted by molar-refractivity contribution is -0.384. The number of hydrogen-bond donors (Lipinski definition) is 2.